The van der Waals surface area contributed by atoms with Gasteiger partial charge in [0.2, 0.25) is 10.0 Å². The molecule has 1 aromatic heterocycles. The number of guanidine groups is 1. The molecule has 9 nitrogen and oxygen atoms in total. The molecule has 0 unspecified atom stereocenters. The van der Waals surface area contributed by atoms with Crippen LogP contribution in [0, 0.1) is 6.92 Å². The molecule has 0 radical (unpaired) electrons. The number of hydrogen-bond acceptors (Lipinski definition) is 5. The normalized spacial score (nSPS) is 20.0. The molecule has 0 amide bonds. The highest BCUT2D eigenvalue weighted by molar-refractivity contribution is 7.88. The first-order valence-corrected chi connectivity index (χ1v) is 9.44. The van der Waals surface area contributed by atoms with Gasteiger partial charge in [-0.3, -0.25) is 4.99 Å². The summed E-state index contributed by atoms with van der Waals surface area (Å²) in [5.74, 6) is 2.27. The number of nitrogens with zero attached hydrogens (tertiary/aromatic N) is 5. The first kappa shape index (κ1) is 17.7. The van der Waals surface area contributed by atoms with Crippen molar-refractivity contribution in [3.63, 3.8) is 0 Å². The molecule has 1 saturated heterocycles. The van der Waals surface area contributed by atoms with Crippen molar-refractivity contribution in [3.8, 4) is 0 Å². The maximum atomic E-state index is 11.7. The number of nitrogens with one attached hydrogen (secondary N) is 2. The summed E-state index contributed by atoms with van der Waals surface area (Å²) < 4.78 is 26.9. The van der Waals surface area contributed by atoms with Gasteiger partial charge in [0, 0.05) is 33.2 Å². The second kappa shape index (κ2) is 7.26. The highest BCUT2D eigenvalue weighted by Gasteiger charge is 2.31. The van der Waals surface area contributed by atoms with E-state index in [-0.39, 0.29) is 6.04 Å². The van der Waals surface area contributed by atoms with Crippen LogP contribution in [0.4, 0.5) is 0 Å². The van der Waals surface area contributed by atoms with E-state index in [1.807, 2.05) is 18.5 Å². The third kappa shape index (κ3) is 4.41. The minimum atomic E-state index is -3.15. The van der Waals surface area contributed by atoms with E-state index in [1.54, 1.807) is 11.4 Å². The Balaban J connectivity index is 1.87. The van der Waals surface area contributed by atoms with Gasteiger partial charge >= 0.3 is 0 Å². The van der Waals surface area contributed by atoms with Gasteiger partial charge in [-0.2, -0.15) is 4.31 Å². The molecule has 10 heteroatoms. The smallest absolute Gasteiger partial charge is 0.211 e. The number of hydrogen-bond donors (Lipinski definition) is 2. The lowest BCUT2D eigenvalue weighted by atomic mass is 10.2. The third-order valence-corrected chi connectivity index (χ3v) is 5.41. The third-order valence-electron chi connectivity index (χ3n) is 4.07. The Morgan fingerprint density at radius 1 is 1.39 bits per heavy atom. The van der Waals surface area contributed by atoms with Crippen LogP contribution >= 0.6 is 0 Å². The van der Waals surface area contributed by atoms with Gasteiger partial charge in [-0.25, -0.2) is 8.42 Å². The molecule has 1 fully saturated rings. The fraction of sp³-hybridized carbons (Fsp3) is 0.769. The Morgan fingerprint density at radius 3 is 2.70 bits per heavy atom. The van der Waals surface area contributed by atoms with Crippen molar-refractivity contribution in [2.24, 2.45) is 12.0 Å². The average Bonchev–Trinajstić information content (AvgIpc) is 3.08. The number of rotatable bonds is 5. The Kier molecular flexibility index (Phi) is 5.58. The highest BCUT2D eigenvalue weighted by Crippen LogP contribution is 2.19. The van der Waals surface area contributed by atoms with Gasteiger partial charge in [-0.05, 0) is 19.8 Å². The predicted molar refractivity (Wildman–Crippen MR) is 88.5 cm³/mol. The quantitative estimate of drug-likeness (QED) is 0.536. The van der Waals surface area contributed by atoms with Crippen molar-refractivity contribution >= 4 is 16.0 Å². The lowest BCUT2D eigenvalue weighted by molar-refractivity contribution is 0.387. The van der Waals surface area contributed by atoms with E-state index in [0.29, 0.717) is 25.6 Å². The lowest BCUT2D eigenvalue weighted by Gasteiger charge is -2.23. The van der Waals surface area contributed by atoms with Crippen LogP contribution in [0.5, 0.6) is 0 Å². The fourth-order valence-electron chi connectivity index (χ4n) is 2.65. The van der Waals surface area contributed by atoms with Crippen molar-refractivity contribution in [1.82, 2.24) is 29.7 Å². The van der Waals surface area contributed by atoms with Gasteiger partial charge in [-0.15, -0.1) is 10.2 Å². The monoisotopic (exact) mass is 343 g/mol. The van der Waals surface area contributed by atoms with Crippen molar-refractivity contribution in [3.05, 3.63) is 11.6 Å². The first-order chi connectivity index (χ1) is 10.8. The summed E-state index contributed by atoms with van der Waals surface area (Å²) in [6.07, 6.45) is 3.01. The maximum absolute atomic E-state index is 11.7. The van der Waals surface area contributed by atoms with E-state index in [9.17, 15) is 8.42 Å². The number of aryl methyl sites for hydroxylation is 1. The van der Waals surface area contributed by atoms with Crippen LogP contribution in [-0.2, 0) is 23.6 Å². The summed E-state index contributed by atoms with van der Waals surface area (Å²) in [7, 11) is 0.436. The zero-order valence-electron chi connectivity index (χ0n) is 14.1. The molecule has 0 aromatic carbocycles. The molecule has 2 N–H and O–H groups in total. The number of sulfonamides is 1. The maximum Gasteiger partial charge on any atom is 0.211 e. The van der Waals surface area contributed by atoms with Crippen molar-refractivity contribution < 1.29 is 8.42 Å². The summed E-state index contributed by atoms with van der Waals surface area (Å²) >= 11 is 0. The van der Waals surface area contributed by atoms with E-state index in [0.717, 1.165) is 24.5 Å². The van der Waals surface area contributed by atoms with Gasteiger partial charge in [0.1, 0.15) is 5.82 Å². The van der Waals surface area contributed by atoms with Crippen molar-refractivity contribution in [1.29, 1.82) is 0 Å². The summed E-state index contributed by atoms with van der Waals surface area (Å²) in [4.78, 5) is 4.16. The summed E-state index contributed by atoms with van der Waals surface area (Å²) in [5.41, 5.74) is 0. The minimum Gasteiger partial charge on any atom is -0.355 e. The van der Waals surface area contributed by atoms with Crippen LogP contribution < -0.4 is 10.6 Å². The van der Waals surface area contributed by atoms with Crippen LogP contribution in [0.15, 0.2) is 4.99 Å². The molecule has 2 heterocycles. The Morgan fingerprint density at radius 2 is 2.13 bits per heavy atom. The molecule has 0 spiro atoms. The molecule has 0 aliphatic carbocycles. The zero-order chi connectivity index (χ0) is 17.0. The van der Waals surface area contributed by atoms with E-state index in [4.69, 9.17) is 0 Å². The highest BCUT2D eigenvalue weighted by atomic mass is 32.2. The molecule has 1 atom stereocenters. The Bertz CT molecular complexity index is 668. The molecule has 0 bridgehead atoms. The summed E-state index contributed by atoms with van der Waals surface area (Å²) in [5, 5.41) is 14.4. The standard InChI is InChI=1S/C13H25N7O2S/c1-10-17-18-12(19(10)3)9-16-13(14-2)15-8-11-6-5-7-20(11)23(4,21)22/h11H,5-9H2,1-4H3,(H2,14,15,16)/t11-/m1/s1. The minimum absolute atomic E-state index is 0.0272. The summed E-state index contributed by atoms with van der Waals surface area (Å²) in [6.45, 7) is 3.51. The van der Waals surface area contributed by atoms with Gasteiger partial charge < -0.3 is 15.2 Å². The van der Waals surface area contributed by atoms with Crippen LogP contribution in [0.2, 0.25) is 0 Å². The second-order valence-electron chi connectivity index (χ2n) is 5.70. The first-order valence-electron chi connectivity index (χ1n) is 7.59. The van der Waals surface area contributed by atoms with Crippen LogP contribution in [0.3, 0.4) is 0 Å². The molecule has 0 saturated carbocycles. The second-order valence-corrected chi connectivity index (χ2v) is 7.63. The molecular weight excluding hydrogens is 318 g/mol. The molecule has 1 aromatic rings. The van der Waals surface area contributed by atoms with E-state index in [1.165, 1.54) is 6.26 Å². The van der Waals surface area contributed by atoms with Gasteiger partial charge in [-0.1, -0.05) is 0 Å². The van der Waals surface area contributed by atoms with Gasteiger partial charge in [0.25, 0.3) is 0 Å². The molecular formula is C13H25N7O2S. The number of aromatic nitrogens is 3. The predicted octanol–water partition coefficient (Wildman–Crippen LogP) is -0.787. The van der Waals surface area contributed by atoms with Gasteiger partial charge in [0.15, 0.2) is 11.8 Å². The molecule has 2 rings (SSSR count). The van der Waals surface area contributed by atoms with Crippen LogP contribution in [0.25, 0.3) is 0 Å². The van der Waals surface area contributed by atoms with Crippen LogP contribution in [-0.4, -0.2) is 65.9 Å². The topological polar surface area (TPSA) is 105 Å². The summed E-state index contributed by atoms with van der Waals surface area (Å²) in [6, 6.07) is -0.0272. The molecule has 1 aliphatic rings. The largest absolute Gasteiger partial charge is 0.355 e. The van der Waals surface area contributed by atoms with Crippen molar-refractivity contribution in [2.45, 2.75) is 32.4 Å². The Hall–Kier alpha value is -1.68. The van der Waals surface area contributed by atoms with Crippen LogP contribution in [0.1, 0.15) is 24.5 Å². The molecule has 1 aliphatic heterocycles. The van der Waals surface area contributed by atoms with E-state index >= 15 is 0 Å². The zero-order valence-corrected chi connectivity index (χ0v) is 14.9. The van der Waals surface area contributed by atoms with Gasteiger partial charge in [0.05, 0.1) is 12.8 Å². The molecule has 130 valence electrons. The van der Waals surface area contributed by atoms with E-state index < -0.39 is 10.0 Å². The van der Waals surface area contributed by atoms with Crippen molar-refractivity contribution in [2.75, 3.05) is 26.4 Å². The molecule has 23 heavy (non-hydrogen) atoms. The number of aliphatic imine (C=N–C) groups is 1. The average molecular weight is 343 g/mol. The Labute approximate surface area is 137 Å². The lowest BCUT2D eigenvalue weighted by Crippen LogP contribution is -2.46. The SMILES string of the molecule is CN=C(NCc1nnc(C)n1C)NC[C@H]1CCCN1S(C)(=O)=O. The van der Waals surface area contributed by atoms with E-state index in [2.05, 4.69) is 25.8 Å². The fourth-order valence-corrected chi connectivity index (χ4v) is 3.83.